The summed E-state index contributed by atoms with van der Waals surface area (Å²) in [5.41, 5.74) is 6.95. The van der Waals surface area contributed by atoms with Crippen molar-refractivity contribution in [3.8, 4) is 5.69 Å². The molecule has 0 aliphatic rings. The minimum absolute atomic E-state index is 0.208. The molecule has 4 rings (SSSR count). The van der Waals surface area contributed by atoms with Crippen molar-refractivity contribution in [2.75, 3.05) is 5.73 Å². The molecule has 6 nitrogen and oxygen atoms in total. The van der Waals surface area contributed by atoms with Gasteiger partial charge in [-0.3, -0.25) is 14.2 Å². The summed E-state index contributed by atoms with van der Waals surface area (Å²) in [5.74, 6) is -0.120. The van der Waals surface area contributed by atoms with E-state index in [9.17, 15) is 9.59 Å². The van der Waals surface area contributed by atoms with Crippen molar-refractivity contribution in [1.29, 1.82) is 0 Å². The zero-order chi connectivity index (χ0) is 21.3. The third kappa shape index (κ3) is 3.65. The molecule has 2 heterocycles. The standard InChI is InChI=1S/C23H19ClN4O2/c1-14(26-22(29)18-11-6-12-20(25)27-18)19-13-15-7-5-10-17(24)21(15)23(30)28(19)16-8-3-2-4-9-16/h2-14H,1H3,(H2,25,27)(H,26,29)/t14-/m0/s1. The Morgan fingerprint density at radius 2 is 1.80 bits per heavy atom. The van der Waals surface area contributed by atoms with Crippen molar-refractivity contribution >= 4 is 34.1 Å². The molecule has 2 aromatic carbocycles. The summed E-state index contributed by atoms with van der Waals surface area (Å²) in [7, 11) is 0. The zero-order valence-electron chi connectivity index (χ0n) is 16.2. The maximum Gasteiger partial charge on any atom is 0.270 e. The third-order valence-corrected chi connectivity index (χ3v) is 5.15. The molecule has 0 saturated carbocycles. The van der Waals surface area contributed by atoms with Crippen molar-refractivity contribution in [3.63, 3.8) is 0 Å². The number of para-hydroxylation sites is 1. The van der Waals surface area contributed by atoms with Gasteiger partial charge >= 0.3 is 0 Å². The van der Waals surface area contributed by atoms with Gasteiger partial charge in [0.1, 0.15) is 11.5 Å². The number of hydrogen-bond donors (Lipinski definition) is 2. The Bertz CT molecular complexity index is 1300. The van der Waals surface area contributed by atoms with Crippen LogP contribution in [0.2, 0.25) is 5.02 Å². The second-order valence-electron chi connectivity index (χ2n) is 6.89. The van der Waals surface area contributed by atoms with E-state index in [0.717, 1.165) is 0 Å². The first-order valence-corrected chi connectivity index (χ1v) is 9.76. The SMILES string of the molecule is C[C@H](NC(=O)c1cccc(N)n1)c1cc2cccc(Cl)c2c(=O)n1-c1ccccc1. The van der Waals surface area contributed by atoms with Crippen LogP contribution >= 0.6 is 11.6 Å². The van der Waals surface area contributed by atoms with Crippen LogP contribution in [0.1, 0.15) is 29.1 Å². The van der Waals surface area contributed by atoms with Crippen molar-refractivity contribution in [2.24, 2.45) is 0 Å². The lowest BCUT2D eigenvalue weighted by molar-refractivity contribution is 0.0934. The number of nitrogen functional groups attached to an aromatic ring is 1. The summed E-state index contributed by atoms with van der Waals surface area (Å²) in [6.45, 7) is 1.81. The van der Waals surface area contributed by atoms with Crippen LogP contribution in [0, 0.1) is 0 Å². The summed E-state index contributed by atoms with van der Waals surface area (Å²) in [4.78, 5) is 30.2. The molecule has 0 radical (unpaired) electrons. The molecule has 0 bridgehead atoms. The molecule has 0 saturated heterocycles. The molecule has 0 unspecified atom stereocenters. The molecule has 0 spiro atoms. The number of nitrogens with one attached hydrogen (secondary N) is 1. The zero-order valence-corrected chi connectivity index (χ0v) is 16.9. The van der Waals surface area contributed by atoms with Gasteiger partial charge in [0.05, 0.1) is 16.5 Å². The average Bonchev–Trinajstić information content (AvgIpc) is 2.74. The van der Waals surface area contributed by atoms with E-state index in [1.165, 1.54) is 0 Å². The Kier molecular flexibility index (Phi) is 5.25. The van der Waals surface area contributed by atoms with E-state index in [4.69, 9.17) is 17.3 Å². The molecule has 150 valence electrons. The molecular formula is C23H19ClN4O2. The summed E-state index contributed by atoms with van der Waals surface area (Å²) in [6, 6.07) is 20.8. The average molecular weight is 419 g/mol. The van der Waals surface area contributed by atoms with Gasteiger partial charge in [-0.2, -0.15) is 0 Å². The summed E-state index contributed by atoms with van der Waals surface area (Å²) < 4.78 is 1.58. The molecule has 4 aromatic rings. The van der Waals surface area contributed by atoms with Gasteiger partial charge in [0, 0.05) is 11.4 Å². The molecule has 30 heavy (non-hydrogen) atoms. The van der Waals surface area contributed by atoms with Crippen LogP contribution < -0.4 is 16.6 Å². The van der Waals surface area contributed by atoms with E-state index >= 15 is 0 Å². The first kappa shape index (κ1) is 19.7. The summed E-state index contributed by atoms with van der Waals surface area (Å²) in [5, 5.41) is 4.43. The van der Waals surface area contributed by atoms with E-state index in [-0.39, 0.29) is 23.0 Å². The van der Waals surface area contributed by atoms with Gasteiger partial charge in [-0.15, -0.1) is 0 Å². The van der Waals surface area contributed by atoms with Crippen molar-refractivity contribution < 1.29 is 4.79 Å². The van der Waals surface area contributed by atoms with Crippen LogP contribution in [0.5, 0.6) is 0 Å². The second-order valence-corrected chi connectivity index (χ2v) is 7.30. The van der Waals surface area contributed by atoms with Crippen molar-refractivity contribution in [3.05, 3.63) is 99.6 Å². The predicted octanol–water partition coefficient (Wildman–Crippen LogP) is 4.11. The van der Waals surface area contributed by atoms with Crippen LogP contribution in [-0.4, -0.2) is 15.5 Å². The quantitative estimate of drug-likeness (QED) is 0.521. The number of carbonyl (C=O) groups is 1. The highest BCUT2D eigenvalue weighted by atomic mass is 35.5. The molecular weight excluding hydrogens is 400 g/mol. The van der Waals surface area contributed by atoms with Crippen LogP contribution in [0.3, 0.4) is 0 Å². The van der Waals surface area contributed by atoms with Crippen LogP contribution in [-0.2, 0) is 0 Å². The number of amides is 1. The lowest BCUT2D eigenvalue weighted by Crippen LogP contribution is -2.32. The molecule has 0 aliphatic carbocycles. The number of nitrogens with two attached hydrogens (primary N) is 1. The molecule has 2 aromatic heterocycles. The van der Waals surface area contributed by atoms with E-state index in [0.29, 0.717) is 27.2 Å². The van der Waals surface area contributed by atoms with Gasteiger partial charge in [-0.1, -0.05) is 48.0 Å². The number of pyridine rings is 2. The van der Waals surface area contributed by atoms with E-state index < -0.39 is 6.04 Å². The fraction of sp³-hybridized carbons (Fsp3) is 0.0870. The monoisotopic (exact) mass is 418 g/mol. The Hall–Kier alpha value is -3.64. The lowest BCUT2D eigenvalue weighted by atomic mass is 10.1. The fourth-order valence-electron chi connectivity index (χ4n) is 3.42. The molecule has 0 aliphatic heterocycles. The highest BCUT2D eigenvalue weighted by molar-refractivity contribution is 6.35. The number of hydrogen-bond acceptors (Lipinski definition) is 4. The third-order valence-electron chi connectivity index (χ3n) is 4.83. The number of carbonyl (C=O) groups excluding carboxylic acids is 1. The highest BCUT2D eigenvalue weighted by Crippen LogP contribution is 2.25. The minimum atomic E-state index is -0.489. The highest BCUT2D eigenvalue weighted by Gasteiger charge is 2.20. The van der Waals surface area contributed by atoms with E-state index in [1.54, 1.807) is 34.9 Å². The predicted molar refractivity (Wildman–Crippen MR) is 119 cm³/mol. The Labute approximate surface area is 177 Å². The minimum Gasteiger partial charge on any atom is -0.384 e. The lowest BCUT2D eigenvalue weighted by Gasteiger charge is -2.21. The molecule has 7 heteroatoms. The van der Waals surface area contributed by atoms with Gasteiger partial charge in [-0.25, -0.2) is 4.98 Å². The Balaban J connectivity index is 1.85. The topological polar surface area (TPSA) is 90.0 Å². The number of benzene rings is 2. The largest absolute Gasteiger partial charge is 0.384 e. The van der Waals surface area contributed by atoms with Crippen molar-refractivity contribution in [1.82, 2.24) is 14.9 Å². The van der Waals surface area contributed by atoms with E-state index in [2.05, 4.69) is 10.3 Å². The van der Waals surface area contributed by atoms with Crippen LogP contribution in [0.15, 0.2) is 77.6 Å². The second kappa shape index (κ2) is 8.00. The Morgan fingerprint density at radius 3 is 2.53 bits per heavy atom. The normalized spacial score (nSPS) is 11.9. The number of fused-ring (bicyclic) bond motifs is 1. The number of nitrogens with zero attached hydrogens (tertiary/aromatic N) is 2. The number of aromatic nitrogens is 2. The van der Waals surface area contributed by atoms with Gasteiger partial charge in [0.25, 0.3) is 11.5 Å². The van der Waals surface area contributed by atoms with Crippen LogP contribution in [0.4, 0.5) is 5.82 Å². The number of rotatable bonds is 4. The van der Waals surface area contributed by atoms with Gasteiger partial charge in [-0.05, 0) is 48.7 Å². The van der Waals surface area contributed by atoms with Crippen LogP contribution in [0.25, 0.3) is 16.5 Å². The van der Waals surface area contributed by atoms with E-state index in [1.807, 2.05) is 49.4 Å². The molecule has 1 amide bonds. The summed E-state index contributed by atoms with van der Waals surface area (Å²) >= 11 is 6.33. The first-order valence-electron chi connectivity index (χ1n) is 9.38. The fourth-order valence-corrected chi connectivity index (χ4v) is 3.69. The van der Waals surface area contributed by atoms with Gasteiger partial charge in [0.2, 0.25) is 0 Å². The van der Waals surface area contributed by atoms with Crippen molar-refractivity contribution in [2.45, 2.75) is 13.0 Å². The molecule has 1 atom stereocenters. The number of halogens is 1. The number of anilines is 1. The first-order chi connectivity index (χ1) is 14.5. The summed E-state index contributed by atoms with van der Waals surface area (Å²) in [6.07, 6.45) is 0. The maximum absolute atomic E-state index is 13.4. The Morgan fingerprint density at radius 1 is 1.07 bits per heavy atom. The maximum atomic E-state index is 13.4. The molecule has 0 fully saturated rings. The molecule has 3 N–H and O–H groups in total. The van der Waals surface area contributed by atoms with Gasteiger partial charge < -0.3 is 11.1 Å². The van der Waals surface area contributed by atoms with Gasteiger partial charge in [0.15, 0.2) is 0 Å². The smallest absolute Gasteiger partial charge is 0.270 e.